The summed E-state index contributed by atoms with van der Waals surface area (Å²) >= 11 is 0. The summed E-state index contributed by atoms with van der Waals surface area (Å²) in [5, 5.41) is 0. The summed E-state index contributed by atoms with van der Waals surface area (Å²) in [5.41, 5.74) is 0. The largest absolute Gasteiger partial charge is 0.462 e. The molecule has 0 rings (SSSR count). The lowest BCUT2D eigenvalue weighted by atomic mass is 10.1. The number of esters is 3. The molecule has 6 heteroatoms. The number of carbonyl (C=O) groups excluding carboxylic acids is 3. The van der Waals surface area contributed by atoms with Crippen molar-refractivity contribution in [2.24, 2.45) is 0 Å². The normalized spacial score (nSPS) is 13.0. The molecule has 0 aliphatic heterocycles. The van der Waals surface area contributed by atoms with Crippen molar-refractivity contribution in [1.82, 2.24) is 0 Å². The van der Waals surface area contributed by atoms with Crippen LogP contribution < -0.4 is 0 Å². The molecule has 0 saturated carbocycles. The number of ether oxygens (including phenoxy) is 3. The highest BCUT2D eigenvalue weighted by atomic mass is 16.6. The molecule has 0 fully saturated rings. The van der Waals surface area contributed by atoms with E-state index in [1.54, 1.807) is 0 Å². The maximum Gasteiger partial charge on any atom is 0.306 e. The van der Waals surface area contributed by atoms with Gasteiger partial charge in [-0.3, -0.25) is 14.4 Å². The highest BCUT2D eigenvalue weighted by molar-refractivity contribution is 5.71. The number of hydrogen-bond acceptors (Lipinski definition) is 6. The maximum atomic E-state index is 12.8. The fourth-order valence-electron chi connectivity index (χ4n) is 6.53. The fraction of sp³-hybridized carbons (Fsp3) is 0.632. The molecule has 0 N–H and O–H groups in total. The first-order valence-electron chi connectivity index (χ1n) is 25.4. The van der Waals surface area contributed by atoms with Crippen LogP contribution >= 0.6 is 0 Å². The molecule has 0 radical (unpaired) electrons. The van der Waals surface area contributed by atoms with Gasteiger partial charge >= 0.3 is 17.9 Å². The highest BCUT2D eigenvalue weighted by Gasteiger charge is 2.19. The SMILES string of the molecule is CC\C=C/C=C\C=C/CCCCCCCCCC(=O)OC(COC(=O)CCC/C=C\C/C=C\C/C=C\C/C=C\C/C=C\CC)COC(=O)CCCCC/C=C\CCCCCCCC. The average molecular weight is 873 g/mol. The topological polar surface area (TPSA) is 78.9 Å². The Bertz CT molecular complexity index is 1330. The van der Waals surface area contributed by atoms with Gasteiger partial charge in [-0.2, -0.15) is 0 Å². The van der Waals surface area contributed by atoms with Crippen molar-refractivity contribution in [2.75, 3.05) is 13.2 Å². The van der Waals surface area contributed by atoms with Gasteiger partial charge in [0.05, 0.1) is 0 Å². The van der Waals surface area contributed by atoms with Crippen molar-refractivity contribution in [2.45, 2.75) is 219 Å². The van der Waals surface area contributed by atoms with Gasteiger partial charge in [-0.05, 0) is 103 Å². The Morgan fingerprint density at radius 3 is 1.24 bits per heavy atom. The lowest BCUT2D eigenvalue weighted by molar-refractivity contribution is -0.167. The first-order chi connectivity index (χ1) is 31.0. The summed E-state index contributed by atoms with van der Waals surface area (Å²) in [5.74, 6) is -1.00. The second-order valence-electron chi connectivity index (χ2n) is 16.4. The second kappa shape index (κ2) is 50.7. The van der Waals surface area contributed by atoms with Crippen molar-refractivity contribution < 1.29 is 28.6 Å². The molecular weight excluding hydrogens is 781 g/mol. The minimum absolute atomic E-state index is 0.111. The van der Waals surface area contributed by atoms with Gasteiger partial charge in [0, 0.05) is 19.3 Å². The van der Waals surface area contributed by atoms with Crippen LogP contribution in [-0.2, 0) is 28.6 Å². The number of unbranched alkanes of at least 4 members (excludes halogenated alkanes) is 17. The molecule has 0 saturated heterocycles. The van der Waals surface area contributed by atoms with Crippen LogP contribution in [0.1, 0.15) is 213 Å². The van der Waals surface area contributed by atoms with Crippen LogP contribution in [0.4, 0.5) is 0 Å². The lowest BCUT2D eigenvalue weighted by Crippen LogP contribution is -2.30. The molecule has 0 amide bonds. The van der Waals surface area contributed by atoms with Crippen molar-refractivity contribution in [3.63, 3.8) is 0 Å². The summed E-state index contributed by atoms with van der Waals surface area (Å²) in [7, 11) is 0. The Hall–Kier alpha value is -3.93. The van der Waals surface area contributed by atoms with Crippen LogP contribution in [-0.4, -0.2) is 37.2 Å². The van der Waals surface area contributed by atoms with Crippen LogP contribution in [0.5, 0.6) is 0 Å². The monoisotopic (exact) mass is 873 g/mol. The number of hydrogen-bond donors (Lipinski definition) is 0. The molecule has 0 aliphatic rings. The molecule has 63 heavy (non-hydrogen) atoms. The second-order valence-corrected chi connectivity index (χ2v) is 16.4. The molecule has 0 heterocycles. The van der Waals surface area contributed by atoms with Crippen LogP contribution in [0, 0.1) is 0 Å². The molecule has 6 nitrogen and oxygen atoms in total. The van der Waals surface area contributed by atoms with Crippen molar-refractivity contribution in [3.05, 3.63) is 109 Å². The van der Waals surface area contributed by atoms with E-state index in [2.05, 4.69) is 130 Å². The van der Waals surface area contributed by atoms with Gasteiger partial charge < -0.3 is 14.2 Å². The standard InChI is InChI=1S/C57H92O6/c1-4-7-10-13-16-19-22-25-27-28-30-32-35-38-41-44-47-50-56(59)62-53-54(52-61-55(58)49-46-43-40-37-34-31-24-21-18-15-12-9-6-3)63-57(60)51-48-45-42-39-36-33-29-26-23-20-17-14-11-8-5-2/h7-8,10-11,14,16-17,19-20,23,25,27,30-32,34,38,41,54H,4-6,9,12-13,15,18,21-22,24,26,28-29,33,35-37,39-40,42-53H2,1-3H3/b10-7-,11-8-,17-14-,19-16-,23-20-,27-25-,32-30-,34-31-,41-38-. The summed E-state index contributed by atoms with van der Waals surface area (Å²) in [6.45, 7) is 6.30. The predicted molar refractivity (Wildman–Crippen MR) is 270 cm³/mol. The number of rotatable bonds is 44. The average Bonchev–Trinajstić information content (AvgIpc) is 3.28. The van der Waals surface area contributed by atoms with E-state index in [9.17, 15) is 14.4 Å². The van der Waals surface area contributed by atoms with E-state index in [-0.39, 0.29) is 37.5 Å². The molecule has 1 unspecified atom stereocenters. The Morgan fingerprint density at radius 2 is 0.714 bits per heavy atom. The van der Waals surface area contributed by atoms with Gasteiger partial charge in [0.2, 0.25) is 0 Å². The zero-order valence-electron chi connectivity index (χ0n) is 40.5. The van der Waals surface area contributed by atoms with E-state index < -0.39 is 6.10 Å². The molecule has 1 atom stereocenters. The number of carbonyl (C=O) groups is 3. The van der Waals surface area contributed by atoms with Gasteiger partial charge in [0.25, 0.3) is 0 Å². The zero-order valence-corrected chi connectivity index (χ0v) is 40.5. The van der Waals surface area contributed by atoms with Crippen molar-refractivity contribution >= 4 is 17.9 Å². The van der Waals surface area contributed by atoms with Gasteiger partial charge in [-0.15, -0.1) is 0 Å². The third kappa shape index (κ3) is 49.0. The summed E-state index contributed by atoms with van der Waals surface area (Å²) in [6.07, 6.45) is 67.9. The maximum absolute atomic E-state index is 12.8. The third-order valence-corrected chi connectivity index (χ3v) is 10.3. The van der Waals surface area contributed by atoms with E-state index in [0.717, 1.165) is 109 Å². The molecule has 0 spiro atoms. The van der Waals surface area contributed by atoms with E-state index in [4.69, 9.17) is 14.2 Å². The minimum atomic E-state index is -0.814. The third-order valence-electron chi connectivity index (χ3n) is 10.3. The van der Waals surface area contributed by atoms with Crippen LogP contribution in [0.3, 0.4) is 0 Å². The summed E-state index contributed by atoms with van der Waals surface area (Å²) in [6, 6.07) is 0. The van der Waals surface area contributed by atoms with E-state index in [1.807, 2.05) is 0 Å². The molecule has 0 aromatic rings. The smallest absolute Gasteiger partial charge is 0.306 e. The van der Waals surface area contributed by atoms with Crippen molar-refractivity contribution in [3.8, 4) is 0 Å². The Balaban J connectivity index is 4.53. The van der Waals surface area contributed by atoms with Crippen molar-refractivity contribution in [1.29, 1.82) is 0 Å². The highest BCUT2D eigenvalue weighted by Crippen LogP contribution is 2.13. The Morgan fingerprint density at radius 1 is 0.349 bits per heavy atom. The Labute approximate surface area is 387 Å². The van der Waals surface area contributed by atoms with Gasteiger partial charge in [-0.25, -0.2) is 0 Å². The molecule has 0 aliphatic carbocycles. The Kier molecular flexibility index (Phi) is 47.5. The molecule has 0 aromatic heterocycles. The minimum Gasteiger partial charge on any atom is -0.462 e. The molecule has 0 bridgehead atoms. The zero-order chi connectivity index (χ0) is 45.8. The first kappa shape index (κ1) is 59.1. The van der Waals surface area contributed by atoms with Gasteiger partial charge in [0.15, 0.2) is 6.10 Å². The fourth-order valence-corrected chi connectivity index (χ4v) is 6.53. The van der Waals surface area contributed by atoms with Crippen LogP contribution in [0.2, 0.25) is 0 Å². The summed E-state index contributed by atoms with van der Waals surface area (Å²) in [4.78, 5) is 37.9. The quantitative estimate of drug-likeness (QED) is 0.0199. The van der Waals surface area contributed by atoms with Crippen LogP contribution in [0.15, 0.2) is 109 Å². The summed E-state index contributed by atoms with van der Waals surface area (Å²) < 4.78 is 16.7. The first-order valence-corrected chi connectivity index (χ1v) is 25.4. The van der Waals surface area contributed by atoms with Gasteiger partial charge in [0.1, 0.15) is 13.2 Å². The predicted octanol–water partition coefficient (Wildman–Crippen LogP) is 16.8. The number of allylic oxidation sites excluding steroid dienone is 18. The van der Waals surface area contributed by atoms with E-state index >= 15 is 0 Å². The molecule has 356 valence electrons. The van der Waals surface area contributed by atoms with Crippen LogP contribution in [0.25, 0.3) is 0 Å². The van der Waals surface area contributed by atoms with E-state index in [1.165, 1.54) is 57.8 Å². The lowest BCUT2D eigenvalue weighted by Gasteiger charge is -2.18. The van der Waals surface area contributed by atoms with E-state index in [0.29, 0.717) is 19.3 Å². The molecule has 0 aromatic carbocycles. The molecular formula is C57H92O6. The van der Waals surface area contributed by atoms with Gasteiger partial charge in [-0.1, -0.05) is 201 Å².